The van der Waals surface area contributed by atoms with Crippen molar-refractivity contribution < 1.29 is 14.2 Å². The van der Waals surface area contributed by atoms with Crippen LogP contribution in [-0.2, 0) is 11.3 Å². The van der Waals surface area contributed by atoms with E-state index in [9.17, 15) is 9.50 Å². The first kappa shape index (κ1) is 14.4. The number of benzene rings is 1. The highest BCUT2D eigenvalue weighted by atomic mass is 19.1. The van der Waals surface area contributed by atoms with Crippen LogP contribution in [-0.4, -0.2) is 35.5 Å². The zero-order valence-electron chi connectivity index (χ0n) is 11.8. The summed E-state index contributed by atoms with van der Waals surface area (Å²) in [6, 6.07) is 6.65. The van der Waals surface area contributed by atoms with Crippen molar-refractivity contribution in [1.82, 2.24) is 10.3 Å². The van der Waals surface area contributed by atoms with E-state index >= 15 is 0 Å². The highest BCUT2D eigenvalue weighted by molar-refractivity contribution is 5.81. The van der Waals surface area contributed by atoms with Gasteiger partial charge in [0.25, 0.3) is 0 Å². The Morgan fingerprint density at radius 1 is 1.33 bits per heavy atom. The van der Waals surface area contributed by atoms with Gasteiger partial charge < -0.3 is 15.2 Å². The van der Waals surface area contributed by atoms with Crippen molar-refractivity contribution in [3.63, 3.8) is 0 Å². The predicted molar refractivity (Wildman–Crippen MR) is 78.4 cm³/mol. The second-order valence-corrected chi connectivity index (χ2v) is 5.54. The lowest BCUT2D eigenvalue weighted by Crippen LogP contribution is -2.51. The molecule has 0 radical (unpaired) electrons. The Morgan fingerprint density at radius 3 is 2.90 bits per heavy atom. The van der Waals surface area contributed by atoms with Crippen LogP contribution in [0.2, 0.25) is 0 Å². The third-order valence-corrected chi connectivity index (χ3v) is 4.16. The average Bonchev–Trinajstić information content (AvgIpc) is 2.53. The monoisotopic (exact) mass is 290 g/mol. The molecular formula is C16H19FN2O2. The van der Waals surface area contributed by atoms with Crippen molar-refractivity contribution in [2.24, 2.45) is 0 Å². The summed E-state index contributed by atoms with van der Waals surface area (Å²) in [7, 11) is 0. The molecule has 1 aliphatic rings. The van der Waals surface area contributed by atoms with Crippen LogP contribution in [0.3, 0.4) is 0 Å². The first-order chi connectivity index (χ1) is 10.2. The zero-order chi connectivity index (χ0) is 14.7. The lowest BCUT2D eigenvalue weighted by molar-refractivity contribution is 0.0112. The molecular weight excluding hydrogens is 271 g/mol. The van der Waals surface area contributed by atoms with E-state index in [-0.39, 0.29) is 18.0 Å². The van der Waals surface area contributed by atoms with Crippen LogP contribution in [0.15, 0.2) is 30.5 Å². The lowest BCUT2D eigenvalue weighted by Gasteiger charge is -2.36. The summed E-state index contributed by atoms with van der Waals surface area (Å²) in [6.45, 7) is 1.80. The summed E-state index contributed by atoms with van der Waals surface area (Å²) in [6.07, 6.45) is 3.22. The summed E-state index contributed by atoms with van der Waals surface area (Å²) in [5.41, 5.74) is 1.27. The summed E-state index contributed by atoms with van der Waals surface area (Å²) in [4.78, 5) is 4.34. The van der Waals surface area contributed by atoms with Gasteiger partial charge in [0, 0.05) is 36.9 Å². The third-order valence-electron chi connectivity index (χ3n) is 4.16. The molecule has 1 aliphatic heterocycles. The van der Waals surface area contributed by atoms with E-state index in [1.54, 1.807) is 12.3 Å². The van der Waals surface area contributed by atoms with Gasteiger partial charge in [-0.3, -0.25) is 4.98 Å². The molecule has 2 aromatic rings. The fraction of sp³-hybridized carbons (Fsp3) is 0.438. The zero-order valence-corrected chi connectivity index (χ0v) is 11.8. The van der Waals surface area contributed by atoms with Crippen LogP contribution in [0, 0.1) is 5.82 Å². The molecule has 1 aromatic heterocycles. The number of aliphatic hydroxyl groups is 1. The number of pyridine rings is 1. The Morgan fingerprint density at radius 2 is 2.14 bits per heavy atom. The van der Waals surface area contributed by atoms with E-state index in [0.29, 0.717) is 19.8 Å². The van der Waals surface area contributed by atoms with Crippen molar-refractivity contribution in [3.8, 4) is 0 Å². The first-order valence-electron chi connectivity index (χ1n) is 7.19. The number of nitrogens with zero attached hydrogens (tertiary/aromatic N) is 1. The molecule has 0 bridgehead atoms. The highest BCUT2D eigenvalue weighted by Crippen LogP contribution is 2.23. The molecule has 0 saturated carbocycles. The molecule has 0 atom stereocenters. The van der Waals surface area contributed by atoms with E-state index in [1.807, 2.05) is 6.07 Å². The van der Waals surface area contributed by atoms with E-state index in [0.717, 1.165) is 29.3 Å². The molecule has 0 aliphatic carbocycles. The number of halogens is 1. The molecule has 112 valence electrons. The van der Waals surface area contributed by atoms with Gasteiger partial charge >= 0.3 is 0 Å². The number of aromatic nitrogens is 1. The molecule has 21 heavy (non-hydrogen) atoms. The van der Waals surface area contributed by atoms with Gasteiger partial charge in [-0.05, 0) is 36.6 Å². The summed E-state index contributed by atoms with van der Waals surface area (Å²) >= 11 is 0. The molecule has 0 amide bonds. The number of hydrogen-bond donors (Lipinski definition) is 2. The molecule has 0 spiro atoms. The van der Waals surface area contributed by atoms with Crippen molar-refractivity contribution in [3.05, 3.63) is 41.8 Å². The van der Waals surface area contributed by atoms with Crippen LogP contribution in [0.5, 0.6) is 0 Å². The molecule has 1 aromatic carbocycles. The Hall–Kier alpha value is -1.56. The fourth-order valence-electron chi connectivity index (χ4n) is 2.80. The van der Waals surface area contributed by atoms with Crippen molar-refractivity contribution >= 4 is 10.9 Å². The number of fused-ring (bicyclic) bond motifs is 1. The van der Waals surface area contributed by atoms with Crippen molar-refractivity contribution in [2.45, 2.75) is 24.9 Å². The number of ether oxygens (including phenoxy) is 1. The Kier molecular flexibility index (Phi) is 4.14. The van der Waals surface area contributed by atoms with E-state index in [1.165, 1.54) is 12.1 Å². The minimum atomic E-state index is -0.342. The number of aliphatic hydroxyl groups excluding tert-OH is 1. The van der Waals surface area contributed by atoms with Gasteiger partial charge in [-0.1, -0.05) is 6.07 Å². The molecule has 3 rings (SSSR count). The van der Waals surface area contributed by atoms with Crippen LogP contribution in [0.25, 0.3) is 10.9 Å². The summed E-state index contributed by atoms with van der Waals surface area (Å²) in [5.74, 6) is -0.266. The molecule has 5 heteroatoms. The second-order valence-electron chi connectivity index (χ2n) is 5.54. The Labute approximate surface area is 123 Å². The smallest absolute Gasteiger partial charge is 0.124 e. The number of rotatable bonds is 4. The quantitative estimate of drug-likeness (QED) is 0.904. The summed E-state index contributed by atoms with van der Waals surface area (Å²) < 4.78 is 19.1. The first-order valence-corrected chi connectivity index (χ1v) is 7.19. The minimum Gasteiger partial charge on any atom is -0.394 e. The van der Waals surface area contributed by atoms with E-state index in [4.69, 9.17) is 4.74 Å². The second kappa shape index (κ2) is 6.05. The maximum absolute atomic E-state index is 13.7. The lowest BCUT2D eigenvalue weighted by atomic mass is 9.90. The molecule has 1 fully saturated rings. The average molecular weight is 290 g/mol. The Balaban J connectivity index is 1.84. The van der Waals surface area contributed by atoms with Gasteiger partial charge in [-0.15, -0.1) is 0 Å². The fourth-order valence-corrected chi connectivity index (χ4v) is 2.80. The van der Waals surface area contributed by atoms with Crippen LogP contribution >= 0.6 is 0 Å². The van der Waals surface area contributed by atoms with Gasteiger partial charge in [-0.25, -0.2) is 4.39 Å². The van der Waals surface area contributed by atoms with Crippen molar-refractivity contribution in [2.75, 3.05) is 19.8 Å². The van der Waals surface area contributed by atoms with E-state index in [2.05, 4.69) is 10.3 Å². The normalized spacial score (nSPS) is 18.0. The number of nitrogens with one attached hydrogen (secondary N) is 1. The van der Waals surface area contributed by atoms with Crippen LogP contribution < -0.4 is 5.32 Å². The summed E-state index contributed by atoms with van der Waals surface area (Å²) in [5, 5.41) is 13.9. The van der Waals surface area contributed by atoms with Gasteiger partial charge in [-0.2, -0.15) is 0 Å². The maximum Gasteiger partial charge on any atom is 0.124 e. The van der Waals surface area contributed by atoms with Gasteiger partial charge in [0.2, 0.25) is 0 Å². The topological polar surface area (TPSA) is 54.4 Å². The Bertz CT molecular complexity index is 627. The molecule has 2 N–H and O–H groups in total. The molecule has 1 saturated heterocycles. The highest BCUT2D eigenvalue weighted by Gasteiger charge is 2.31. The van der Waals surface area contributed by atoms with Crippen molar-refractivity contribution in [1.29, 1.82) is 0 Å². The number of hydrogen-bond acceptors (Lipinski definition) is 4. The maximum atomic E-state index is 13.7. The third kappa shape index (κ3) is 3.05. The minimum absolute atomic E-state index is 0.0526. The van der Waals surface area contributed by atoms with Gasteiger partial charge in [0.05, 0.1) is 12.1 Å². The standard InChI is InChI=1S/C16H19FN2O2/c17-14-8-12-2-1-5-18-15(12)13(9-14)10-19-16(11-20)3-6-21-7-4-16/h1-2,5,8-9,19-20H,3-4,6-7,10-11H2. The van der Waals surface area contributed by atoms with Crippen LogP contribution in [0.1, 0.15) is 18.4 Å². The van der Waals surface area contributed by atoms with Gasteiger partial charge in [0.15, 0.2) is 0 Å². The largest absolute Gasteiger partial charge is 0.394 e. The molecule has 2 heterocycles. The van der Waals surface area contributed by atoms with Crippen LogP contribution in [0.4, 0.5) is 4.39 Å². The molecule has 0 unspecified atom stereocenters. The molecule has 4 nitrogen and oxygen atoms in total. The van der Waals surface area contributed by atoms with E-state index < -0.39 is 0 Å². The van der Waals surface area contributed by atoms with Gasteiger partial charge in [0.1, 0.15) is 5.82 Å². The SMILES string of the molecule is OCC1(NCc2cc(F)cc3cccnc23)CCOCC1. The predicted octanol–water partition coefficient (Wildman–Crippen LogP) is 2.00.